The van der Waals surface area contributed by atoms with Crippen LogP contribution in [0, 0.1) is 6.92 Å². The highest BCUT2D eigenvalue weighted by Crippen LogP contribution is 2.20. The molecule has 2 rings (SSSR count). The molecular weight excluding hydrogens is 274 g/mol. The van der Waals surface area contributed by atoms with Crippen LogP contribution < -0.4 is 10.2 Å². The van der Waals surface area contributed by atoms with Gasteiger partial charge < -0.3 is 10.2 Å². The average Bonchev–Trinajstić information content (AvgIpc) is 2.43. The monoisotopic (exact) mass is 289 g/mol. The zero-order valence-electron chi connectivity index (χ0n) is 11.6. The molecule has 0 saturated carbocycles. The van der Waals surface area contributed by atoms with Gasteiger partial charge in [0.1, 0.15) is 5.82 Å². The molecule has 0 radical (unpaired) electrons. The third kappa shape index (κ3) is 3.27. The Kier molecular flexibility index (Phi) is 4.25. The number of aryl methyl sites for hydroxylation is 1. The largest absolute Gasteiger partial charge is 0.363 e. The standard InChI is InChI=1S/C15H16ClN3O/c1-10-4-6-12(8-13(10)16)18-15(20)11-5-7-14(17-9-11)19(2)3/h4-9H,1-3H3,(H,18,20). The van der Waals surface area contributed by atoms with Gasteiger partial charge in [-0.15, -0.1) is 0 Å². The minimum Gasteiger partial charge on any atom is -0.363 e. The maximum absolute atomic E-state index is 12.1. The fourth-order valence-corrected chi connectivity index (χ4v) is 1.84. The van der Waals surface area contributed by atoms with Crippen molar-refractivity contribution in [2.45, 2.75) is 6.92 Å². The van der Waals surface area contributed by atoms with Crippen molar-refractivity contribution in [3.8, 4) is 0 Å². The Balaban J connectivity index is 2.13. The number of nitrogens with zero attached hydrogens (tertiary/aromatic N) is 2. The highest BCUT2D eigenvalue weighted by atomic mass is 35.5. The Labute approximate surface area is 123 Å². The predicted octanol–water partition coefficient (Wildman–Crippen LogP) is 3.36. The maximum atomic E-state index is 12.1. The molecule has 0 spiro atoms. The number of hydrogen-bond acceptors (Lipinski definition) is 3. The summed E-state index contributed by atoms with van der Waals surface area (Å²) in [6.45, 7) is 1.91. The van der Waals surface area contributed by atoms with E-state index in [0.717, 1.165) is 11.4 Å². The molecule has 4 nitrogen and oxygen atoms in total. The normalized spacial score (nSPS) is 10.2. The predicted molar refractivity (Wildman–Crippen MR) is 82.7 cm³/mol. The van der Waals surface area contributed by atoms with Crippen LogP contribution >= 0.6 is 11.6 Å². The first-order chi connectivity index (χ1) is 9.47. The van der Waals surface area contributed by atoms with Crippen molar-refractivity contribution in [3.05, 3.63) is 52.7 Å². The van der Waals surface area contributed by atoms with Crippen molar-refractivity contribution in [2.24, 2.45) is 0 Å². The minimum absolute atomic E-state index is 0.206. The van der Waals surface area contributed by atoms with Crippen LogP contribution in [0.3, 0.4) is 0 Å². The molecule has 0 aliphatic heterocycles. The molecule has 1 aromatic carbocycles. The lowest BCUT2D eigenvalue weighted by Gasteiger charge is -2.11. The van der Waals surface area contributed by atoms with E-state index in [-0.39, 0.29) is 5.91 Å². The molecule has 0 saturated heterocycles. The summed E-state index contributed by atoms with van der Waals surface area (Å²) < 4.78 is 0. The van der Waals surface area contributed by atoms with E-state index in [4.69, 9.17) is 11.6 Å². The van der Waals surface area contributed by atoms with Gasteiger partial charge in [-0.1, -0.05) is 17.7 Å². The second-order valence-corrected chi connectivity index (χ2v) is 5.12. The minimum atomic E-state index is -0.206. The summed E-state index contributed by atoms with van der Waals surface area (Å²) in [4.78, 5) is 18.2. The number of carbonyl (C=O) groups is 1. The molecule has 0 aliphatic carbocycles. The number of rotatable bonds is 3. The van der Waals surface area contributed by atoms with Crippen LogP contribution in [0.2, 0.25) is 5.02 Å². The van der Waals surface area contributed by atoms with E-state index in [1.807, 2.05) is 38.1 Å². The molecular formula is C15H16ClN3O. The van der Waals surface area contributed by atoms with Gasteiger partial charge in [-0.25, -0.2) is 4.98 Å². The van der Waals surface area contributed by atoms with Gasteiger partial charge in [-0.2, -0.15) is 0 Å². The van der Waals surface area contributed by atoms with E-state index in [1.165, 1.54) is 0 Å². The van der Waals surface area contributed by atoms with E-state index in [2.05, 4.69) is 10.3 Å². The number of hydrogen-bond donors (Lipinski definition) is 1. The molecule has 0 fully saturated rings. The molecule has 5 heteroatoms. The molecule has 1 heterocycles. The molecule has 0 unspecified atom stereocenters. The Morgan fingerprint density at radius 3 is 2.55 bits per heavy atom. The third-order valence-electron chi connectivity index (χ3n) is 2.90. The molecule has 1 amide bonds. The van der Waals surface area contributed by atoms with Gasteiger partial charge in [0.2, 0.25) is 0 Å². The second-order valence-electron chi connectivity index (χ2n) is 4.72. The highest BCUT2D eigenvalue weighted by Gasteiger charge is 2.08. The van der Waals surface area contributed by atoms with Gasteiger partial charge in [0, 0.05) is 31.0 Å². The Bertz CT molecular complexity index is 624. The summed E-state index contributed by atoms with van der Waals surface area (Å²) in [5, 5.41) is 3.43. The fourth-order valence-electron chi connectivity index (χ4n) is 1.66. The first-order valence-corrected chi connectivity index (χ1v) is 6.56. The van der Waals surface area contributed by atoms with Crippen LogP contribution in [0.5, 0.6) is 0 Å². The Morgan fingerprint density at radius 2 is 2.00 bits per heavy atom. The molecule has 0 bridgehead atoms. The van der Waals surface area contributed by atoms with Gasteiger partial charge in [0.05, 0.1) is 5.56 Å². The summed E-state index contributed by atoms with van der Waals surface area (Å²) in [6, 6.07) is 8.97. The molecule has 1 N–H and O–H groups in total. The van der Waals surface area contributed by atoms with E-state index >= 15 is 0 Å². The second kappa shape index (κ2) is 5.92. The third-order valence-corrected chi connectivity index (χ3v) is 3.31. The zero-order chi connectivity index (χ0) is 14.7. The highest BCUT2D eigenvalue weighted by molar-refractivity contribution is 6.31. The smallest absolute Gasteiger partial charge is 0.257 e. The van der Waals surface area contributed by atoms with Crippen LogP contribution in [0.1, 0.15) is 15.9 Å². The molecule has 0 aliphatic rings. The number of nitrogens with one attached hydrogen (secondary N) is 1. The van der Waals surface area contributed by atoms with Crippen LogP contribution in [-0.4, -0.2) is 25.0 Å². The Morgan fingerprint density at radius 1 is 1.25 bits per heavy atom. The SMILES string of the molecule is Cc1ccc(NC(=O)c2ccc(N(C)C)nc2)cc1Cl. The summed E-state index contributed by atoms with van der Waals surface area (Å²) in [5.41, 5.74) is 2.15. The summed E-state index contributed by atoms with van der Waals surface area (Å²) >= 11 is 6.03. The zero-order valence-corrected chi connectivity index (χ0v) is 12.4. The van der Waals surface area contributed by atoms with Gasteiger partial charge in [-0.05, 0) is 36.8 Å². The van der Waals surface area contributed by atoms with Crippen LogP contribution in [0.15, 0.2) is 36.5 Å². The van der Waals surface area contributed by atoms with E-state index in [0.29, 0.717) is 16.3 Å². The topological polar surface area (TPSA) is 45.2 Å². The van der Waals surface area contributed by atoms with Crippen molar-refractivity contribution < 1.29 is 4.79 Å². The Hall–Kier alpha value is -2.07. The number of aromatic nitrogens is 1. The van der Waals surface area contributed by atoms with Gasteiger partial charge in [0.25, 0.3) is 5.91 Å². The van der Waals surface area contributed by atoms with Crippen molar-refractivity contribution in [1.29, 1.82) is 0 Å². The van der Waals surface area contributed by atoms with Crippen LogP contribution in [0.4, 0.5) is 11.5 Å². The van der Waals surface area contributed by atoms with E-state index in [1.54, 1.807) is 24.4 Å². The molecule has 0 atom stereocenters. The van der Waals surface area contributed by atoms with Gasteiger partial charge >= 0.3 is 0 Å². The fraction of sp³-hybridized carbons (Fsp3) is 0.200. The number of benzene rings is 1. The van der Waals surface area contributed by atoms with Crippen molar-refractivity contribution in [2.75, 3.05) is 24.3 Å². The summed E-state index contributed by atoms with van der Waals surface area (Å²) in [7, 11) is 3.80. The van der Waals surface area contributed by atoms with Gasteiger partial charge in [0.15, 0.2) is 0 Å². The van der Waals surface area contributed by atoms with Crippen molar-refractivity contribution in [1.82, 2.24) is 4.98 Å². The average molecular weight is 290 g/mol. The van der Waals surface area contributed by atoms with E-state index in [9.17, 15) is 4.79 Å². The lowest BCUT2D eigenvalue weighted by molar-refractivity contribution is 0.102. The molecule has 20 heavy (non-hydrogen) atoms. The van der Waals surface area contributed by atoms with Gasteiger partial charge in [-0.3, -0.25) is 4.79 Å². The summed E-state index contributed by atoms with van der Waals surface area (Å²) in [6.07, 6.45) is 1.56. The number of carbonyl (C=O) groups excluding carboxylic acids is 1. The van der Waals surface area contributed by atoms with Crippen molar-refractivity contribution >= 4 is 29.0 Å². The van der Waals surface area contributed by atoms with Crippen molar-refractivity contribution in [3.63, 3.8) is 0 Å². The summed E-state index contributed by atoms with van der Waals surface area (Å²) in [5.74, 6) is 0.600. The maximum Gasteiger partial charge on any atom is 0.257 e. The first-order valence-electron chi connectivity index (χ1n) is 6.18. The molecule has 1 aromatic heterocycles. The first kappa shape index (κ1) is 14.3. The number of pyridine rings is 1. The van der Waals surface area contributed by atoms with E-state index < -0.39 is 0 Å². The quantitative estimate of drug-likeness (QED) is 0.942. The number of anilines is 2. The lowest BCUT2D eigenvalue weighted by Crippen LogP contribution is -2.14. The number of amides is 1. The number of halogens is 1. The van der Waals surface area contributed by atoms with Crippen LogP contribution in [0.25, 0.3) is 0 Å². The molecule has 2 aromatic rings. The lowest BCUT2D eigenvalue weighted by atomic mass is 10.2. The van der Waals surface area contributed by atoms with Crippen LogP contribution in [-0.2, 0) is 0 Å². The molecule has 104 valence electrons.